The van der Waals surface area contributed by atoms with E-state index in [2.05, 4.69) is 0 Å². The van der Waals surface area contributed by atoms with Gasteiger partial charge in [0.1, 0.15) is 0 Å². The van der Waals surface area contributed by atoms with Crippen LogP contribution in [0.4, 0.5) is 0 Å². The van der Waals surface area contributed by atoms with Gasteiger partial charge in [0, 0.05) is 6.61 Å². The highest BCUT2D eigenvalue weighted by atomic mass is 16.5. The Bertz CT molecular complexity index is 227. The van der Waals surface area contributed by atoms with E-state index < -0.39 is 30.6 Å². The minimum atomic E-state index is -1.22. The van der Waals surface area contributed by atoms with E-state index >= 15 is 0 Å². The molecule has 2 atom stereocenters. The predicted octanol–water partition coefficient (Wildman–Crippen LogP) is 0.0905. The summed E-state index contributed by atoms with van der Waals surface area (Å²) in [5, 5.41) is 32.9. The maximum Gasteiger partial charge on any atom is 0.333 e. The minimum Gasteiger partial charge on any atom is -0.481 e. The van der Waals surface area contributed by atoms with Gasteiger partial charge in [-0.15, -0.1) is 0 Å². The van der Waals surface area contributed by atoms with Crippen molar-refractivity contribution in [1.29, 1.82) is 0 Å². The third-order valence-corrected chi connectivity index (χ3v) is 1.72. The molecule has 0 saturated heterocycles. The van der Waals surface area contributed by atoms with Crippen molar-refractivity contribution in [1.82, 2.24) is 0 Å². The topological polar surface area (TPSA) is 124 Å². The van der Waals surface area contributed by atoms with Crippen LogP contribution in [0, 0.1) is 0 Å². The first-order valence-electron chi connectivity index (χ1n) is 5.70. The van der Waals surface area contributed by atoms with Gasteiger partial charge in [-0.05, 0) is 13.3 Å². The van der Waals surface area contributed by atoms with Crippen LogP contribution in [0.1, 0.15) is 33.1 Å². The van der Waals surface area contributed by atoms with E-state index in [1.54, 1.807) is 0 Å². The molecule has 0 aromatic carbocycles. The Morgan fingerprint density at radius 2 is 1.78 bits per heavy atom. The summed E-state index contributed by atoms with van der Waals surface area (Å²) >= 11 is 0. The molecule has 0 saturated carbocycles. The van der Waals surface area contributed by atoms with Gasteiger partial charge in [-0.2, -0.15) is 0 Å². The zero-order valence-electron chi connectivity index (χ0n) is 10.7. The quantitative estimate of drug-likeness (QED) is 0.459. The van der Waals surface area contributed by atoms with Gasteiger partial charge in [0.15, 0.2) is 6.10 Å². The van der Waals surface area contributed by atoms with Crippen LogP contribution in [-0.4, -0.2) is 57.8 Å². The molecule has 0 aromatic rings. The molecule has 0 aliphatic rings. The standard InChI is InChI=1S/C8H14O5.C3H8O2/c1-2-3-4-13-6(8(11)12)5-7(9)10;1-3(5)2-4/h6H,2-5H2,1H3,(H,9,10)(H,11,12);3-5H,2H2,1H3. The van der Waals surface area contributed by atoms with E-state index in [1.165, 1.54) is 6.92 Å². The second-order valence-electron chi connectivity index (χ2n) is 3.68. The van der Waals surface area contributed by atoms with E-state index in [0.29, 0.717) is 6.61 Å². The van der Waals surface area contributed by atoms with Gasteiger partial charge in [0.25, 0.3) is 0 Å². The number of carboxylic acids is 2. The van der Waals surface area contributed by atoms with Crippen LogP contribution >= 0.6 is 0 Å². The van der Waals surface area contributed by atoms with Gasteiger partial charge >= 0.3 is 11.9 Å². The molecule has 0 aromatic heterocycles. The van der Waals surface area contributed by atoms with Crippen molar-refractivity contribution >= 4 is 11.9 Å². The molecule has 0 heterocycles. The average molecular weight is 266 g/mol. The van der Waals surface area contributed by atoms with Crippen LogP contribution in [0.5, 0.6) is 0 Å². The van der Waals surface area contributed by atoms with Crippen LogP contribution in [0.15, 0.2) is 0 Å². The Morgan fingerprint density at radius 1 is 1.28 bits per heavy atom. The summed E-state index contributed by atoms with van der Waals surface area (Å²) in [6.07, 6.45) is -0.638. The normalized spacial score (nSPS) is 13.1. The first-order chi connectivity index (χ1) is 8.34. The number of aliphatic hydroxyl groups excluding tert-OH is 2. The van der Waals surface area contributed by atoms with Crippen LogP contribution in [0.2, 0.25) is 0 Å². The summed E-state index contributed by atoms with van der Waals surface area (Å²) < 4.78 is 4.87. The van der Waals surface area contributed by atoms with Crippen molar-refractivity contribution in [2.24, 2.45) is 0 Å². The van der Waals surface area contributed by atoms with Crippen LogP contribution in [0.3, 0.4) is 0 Å². The molecule has 0 fully saturated rings. The zero-order chi connectivity index (χ0) is 14.6. The lowest BCUT2D eigenvalue weighted by Gasteiger charge is -2.10. The fraction of sp³-hybridized carbons (Fsp3) is 0.818. The molecule has 0 spiro atoms. The summed E-state index contributed by atoms with van der Waals surface area (Å²) in [5.41, 5.74) is 0. The Balaban J connectivity index is 0. The molecule has 0 aliphatic carbocycles. The molecule has 0 amide bonds. The number of rotatable bonds is 8. The van der Waals surface area contributed by atoms with Gasteiger partial charge in [-0.1, -0.05) is 13.3 Å². The fourth-order valence-corrected chi connectivity index (χ4v) is 0.746. The number of ether oxygens (including phenoxy) is 1. The van der Waals surface area contributed by atoms with Gasteiger partial charge in [-0.25, -0.2) is 4.79 Å². The first kappa shape index (κ1) is 19.2. The van der Waals surface area contributed by atoms with Crippen molar-refractivity contribution in [2.45, 2.75) is 45.3 Å². The van der Waals surface area contributed by atoms with Crippen LogP contribution in [-0.2, 0) is 14.3 Å². The van der Waals surface area contributed by atoms with Crippen LogP contribution < -0.4 is 0 Å². The number of carbonyl (C=O) groups is 2. The number of aliphatic hydroxyl groups is 2. The number of unbranched alkanes of at least 4 members (excludes halogenated alkanes) is 1. The van der Waals surface area contributed by atoms with Crippen LogP contribution in [0.25, 0.3) is 0 Å². The maximum atomic E-state index is 10.4. The van der Waals surface area contributed by atoms with Crippen molar-refractivity contribution in [3.8, 4) is 0 Å². The molecular formula is C11H22O7. The lowest BCUT2D eigenvalue weighted by atomic mass is 10.2. The molecule has 0 rings (SSSR count). The Hall–Kier alpha value is -1.18. The second-order valence-corrected chi connectivity index (χ2v) is 3.68. The van der Waals surface area contributed by atoms with E-state index in [4.69, 9.17) is 25.2 Å². The van der Waals surface area contributed by atoms with Gasteiger partial charge < -0.3 is 25.2 Å². The smallest absolute Gasteiger partial charge is 0.333 e. The third kappa shape index (κ3) is 14.8. The Labute approximate surface area is 106 Å². The summed E-state index contributed by atoms with van der Waals surface area (Å²) in [5.74, 6) is -2.39. The molecule has 2 unspecified atom stereocenters. The monoisotopic (exact) mass is 266 g/mol. The van der Waals surface area contributed by atoms with Crippen molar-refractivity contribution < 1.29 is 34.8 Å². The molecule has 0 bridgehead atoms. The highest BCUT2D eigenvalue weighted by molar-refractivity contribution is 5.79. The summed E-state index contributed by atoms with van der Waals surface area (Å²) in [7, 11) is 0. The summed E-state index contributed by atoms with van der Waals surface area (Å²) in [4.78, 5) is 20.6. The molecule has 7 nitrogen and oxygen atoms in total. The van der Waals surface area contributed by atoms with Crippen molar-refractivity contribution in [3.63, 3.8) is 0 Å². The second kappa shape index (κ2) is 12.3. The highest BCUT2D eigenvalue weighted by Crippen LogP contribution is 2.01. The molecule has 0 radical (unpaired) electrons. The van der Waals surface area contributed by atoms with E-state index in [9.17, 15) is 9.59 Å². The molecule has 18 heavy (non-hydrogen) atoms. The average Bonchev–Trinajstić information content (AvgIpc) is 2.28. The summed E-state index contributed by atoms with van der Waals surface area (Å²) in [6, 6.07) is 0. The number of aliphatic carboxylic acids is 2. The number of carboxylic acid groups (broad SMARTS) is 2. The predicted molar refractivity (Wildman–Crippen MR) is 63.3 cm³/mol. The van der Waals surface area contributed by atoms with E-state index in [1.807, 2.05) is 6.92 Å². The van der Waals surface area contributed by atoms with Crippen molar-refractivity contribution in [2.75, 3.05) is 13.2 Å². The molecule has 0 aliphatic heterocycles. The SMILES string of the molecule is CC(O)CO.CCCCOC(CC(=O)O)C(=O)O. The van der Waals surface area contributed by atoms with Gasteiger partial charge in [-0.3, -0.25) is 4.79 Å². The van der Waals surface area contributed by atoms with E-state index in [0.717, 1.165) is 12.8 Å². The number of hydrogen-bond donors (Lipinski definition) is 4. The Morgan fingerprint density at radius 3 is 2.06 bits per heavy atom. The van der Waals surface area contributed by atoms with Crippen molar-refractivity contribution in [3.05, 3.63) is 0 Å². The minimum absolute atomic E-state index is 0.139. The van der Waals surface area contributed by atoms with Gasteiger partial charge in [0.05, 0.1) is 19.1 Å². The zero-order valence-corrected chi connectivity index (χ0v) is 10.7. The lowest BCUT2D eigenvalue weighted by Crippen LogP contribution is -2.27. The molecule has 4 N–H and O–H groups in total. The molecule has 108 valence electrons. The Kier molecular flexibility index (Phi) is 13.1. The first-order valence-corrected chi connectivity index (χ1v) is 5.70. The van der Waals surface area contributed by atoms with Gasteiger partial charge in [0.2, 0.25) is 0 Å². The molecular weight excluding hydrogens is 244 g/mol. The molecule has 7 heteroatoms. The highest BCUT2D eigenvalue weighted by Gasteiger charge is 2.20. The largest absolute Gasteiger partial charge is 0.481 e. The summed E-state index contributed by atoms with van der Waals surface area (Å²) in [6.45, 7) is 3.62. The fourth-order valence-electron chi connectivity index (χ4n) is 0.746. The number of hydrogen-bond acceptors (Lipinski definition) is 5. The lowest BCUT2D eigenvalue weighted by molar-refractivity contribution is -0.156. The maximum absolute atomic E-state index is 10.4. The third-order valence-electron chi connectivity index (χ3n) is 1.72. The van der Waals surface area contributed by atoms with E-state index in [-0.39, 0.29) is 6.61 Å².